The number of para-hydroxylation sites is 1. The smallest absolute Gasteiger partial charge is 0.335 e. The van der Waals surface area contributed by atoms with Crippen LogP contribution in [-0.4, -0.2) is 16.7 Å². The highest BCUT2D eigenvalue weighted by Crippen LogP contribution is 2.42. The standard InChI is InChI=1S/C24H21FO3/c1-24(15-16-5-2-9-20(25)13-16)12-11-17-6-4-10-21(22(17)28-24)18-7-3-8-19(14-18)23(26)27/h2-10,13-14H,11-12,15H2,1H3,(H,26,27). The molecule has 0 bridgehead atoms. The lowest BCUT2D eigenvalue weighted by Crippen LogP contribution is -2.38. The van der Waals surface area contributed by atoms with E-state index in [0.717, 1.165) is 40.8 Å². The highest BCUT2D eigenvalue weighted by atomic mass is 19.1. The molecule has 3 aromatic rings. The maximum atomic E-state index is 13.6. The molecule has 1 N–H and O–H groups in total. The van der Waals surface area contributed by atoms with Gasteiger partial charge in [0.05, 0.1) is 5.56 Å². The summed E-state index contributed by atoms with van der Waals surface area (Å²) in [6, 6.07) is 19.5. The zero-order valence-corrected chi connectivity index (χ0v) is 15.6. The van der Waals surface area contributed by atoms with E-state index in [-0.39, 0.29) is 11.4 Å². The molecule has 1 aliphatic heterocycles. The lowest BCUT2D eigenvalue weighted by Gasteiger charge is -2.37. The number of fused-ring (bicyclic) bond motifs is 1. The van der Waals surface area contributed by atoms with Crippen molar-refractivity contribution in [1.82, 2.24) is 0 Å². The molecule has 3 nitrogen and oxygen atoms in total. The van der Waals surface area contributed by atoms with Crippen LogP contribution in [0.3, 0.4) is 0 Å². The van der Waals surface area contributed by atoms with Crippen molar-refractivity contribution in [3.05, 3.63) is 89.2 Å². The molecule has 4 rings (SSSR count). The van der Waals surface area contributed by atoms with Crippen LogP contribution in [0.25, 0.3) is 11.1 Å². The summed E-state index contributed by atoms with van der Waals surface area (Å²) in [6.45, 7) is 2.05. The molecule has 142 valence electrons. The second-order valence-electron chi connectivity index (χ2n) is 7.54. The highest BCUT2D eigenvalue weighted by molar-refractivity contribution is 5.90. The van der Waals surface area contributed by atoms with Crippen LogP contribution in [0.2, 0.25) is 0 Å². The van der Waals surface area contributed by atoms with Crippen molar-refractivity contribution in [1.29, 1.82) is 0 Å². The first kappa shape index (κ1) is 18.2. The van der Waals surface area contributed by atoms with Gasteiger partial charge >= 0.3 is 5.97 Å². The van der Waals surface area contributed by atoms with Crippen molar-refractivity contribution < 1.29 is 19.0 Å². The summed E-state index contributed by atoms with van der Waals surface area (Å²) in [5.41, 5.74) is 3.48. The Kier molecular flexibility index (Phi) is 4.63. The van der Waals surface area contributed by atoms with Gasteiger partial charge in [-0.1, -0.05) is 42.5 Å². The largest absolute Gasteiger partial charge is 0.486 e. The summed E-state index contributed by atoms with van der Waals surface area (Å²) in [5.74, 6) is -0.415. The van der Waals surface area contributed by atoms with Gasteiger partial charge in [0, 0.05) is 12.0 Å². The van der Waals surface area contributed by atoms with Crippen molar-refractivity contribution in [2.75, 3.05) is 0 Å². The number of aryl methyl sites for hydroxylation is 1. The van der Waals surface area contributed by atoms with E-state index < -0.39 is 11.6 Å². The molecule has 0 aliphatic carbocycles. The monoisotopic (exact) mass is 376 g/mol. The number of hydrogen-bond acceptors (Lipinski definition) is 2. The van der Waals surface area contributed by atoms with Crippen LogP contribution in [0.15, 0.2) is 66.7 Å². The molecular weight excluding hydrogens is 355 g/mol. The number of aromatic carboxylic acids is 1. The zero-order valence-electron chi connectivity index (χ0n) is 15.6. The molecule has 3 aromatic carbocycles. The second kappa shape index (κ2) is 7.12. The van der Waals surface area contributed by atoms with Gasteiger partial charge in [-0.3, -0.25) is 0 Å². The summed E-state index contributed by atoms with van der Waals surface area (Å²) in [4.78, 5) is 11.3. The van der Waals surface area contributed by atoms with Gasteiger partial charge in [0.15, 0.2) is 0 Å². The average molecular weight is 376 g/mol. The van der Waals surface area contributed by atoms with Gasteiger partial charge in [0.2, 0.25) is 0 Å². The molecule has 0 radical (unpaired) electrons. The predicted molar refractivity (Wildman–Crippen MR) is 106 cm³/mol. The number of carboxylic acids is 1. The molecule has 1 unspecified atom stereocenters. The molecule has 0 amide bonds. The van der Waals surface area contributed by atoms with E-state index in [4.69, 9.17) is 4.74 Å². The molecule has 0 aromatic heterocycles. The zero-order chi connectivity index (χ0) is 19.7. The predicted octanol–water partition coefficient (Wildman–Crippen LogP) is 5.52. The maximum Gasteiger partial charge on any atom is 0.335 e. The quantitative estimate of drug-likeness (QED) is 0.652. The summed E-state index contributed by atoms with van der Waals surface area (Å²) >= 11 is 0. The van der Waals surface area contributed by atoms with Gasteiger partial charge < -0.3 is 9.84 Å². The van der Waals surface area contributed by atoms with Crippen LogP contribution in [-0.2, 0) is 12.8 Å². The summed E-state index contributed by atoms with van der Waals surface area (Å²) in [7, 11) is 0. The van der Waals surface area contributed by atoms with E-state index in [0.29, 0.717) is 6.42 Å². The second-order valence-corrected chi connectivity index (χ2v) is 7.54. The maximum absolute atomic E-state index is 13.6. The Morgan fingerprint density at radius 3 is 2.68 bits per heavy atom. The van der Waals surface area contributed by atoms with Crippen molar-refractivity contribution in [2.24, 2.45) is 0 Å². The fraction of sp³-hybridized carbons (Fsp3) is 0.208. The Hall–Kier alpha value is -3.14. The number of carbonyl (C=O) groups is 1. The fourth-order valence-corrected chi connectivity index (χ4v) is 3.85. The van der Waals surface area contributed by atoms with E-state index in [1.807, 2.05) is 37.3 Å². The Labute approximate surface area is 163 Å². The topological polar surface area (TPSA) is 46.5 Å². The van der Waals surface area contributed by atoms with Crippen LogP contribution in [0.4, 0.5) is 4.39 Å². The molecule has 28 heavy (non-hydrogen) atoms. The van der Waals surface area contributed by atoms with Crippen molar-refractivity contribution >= 4 is 5.97 Å². The Bertz CT molecular complexity index is 1040. The third-order valence-corrected chi connectivity index (χ3v) is 5.26. The van der Waals surface area contributed by atoms with Crippen molar-refractivity contribution in [3.8, 4) is 16.9 Å². The normalized spacial score (nSPS) is 18.2. The minimum absolute atomic E-state index is 0.244. The van der Waals surface area contributed by atoms with Gasteiger partial charge in [-0.15, -0.1) is 0 Å². The van der Waals surface area contributed by atoms with E-state index in [1.54, 1.807) is 30.3 Å². The third-order valence-electron chi connectivity index (χ3n) is 5.26. The molecule has 1 aliphatic rings. The SMILES string of the molecule is CC1(Cc2cccc(F)c2)CCc2cccc(-c3cccc(C(=O)O)c3)c2O1. The van der Waals surface area contributed by atoms with Gasteiger partial charge in [-0.05, 0) is 60.7 Å². The lowest BCUT2D eigenvalue weighted by molar-refractivity contribution is 0.0659. The van der Waals surface area contributed by atoms with E-state index in [2.05, 4.69) is 0 Å². The van der Waals surface area contributed by atoms with Crippen molar-refractivity contribution in [3.63, 3.8) is 0 Å². The average Bonchev–Trinajstić information content (AvgIpc) is 2.67. The number of carboxylic acid groups (broad SMARTS) is 1. The molecule has 0 saturated heterocycles. The minimum atomic E-state index is -0.955. The van der Waals surface area contributed by atoms with Gasteiger partial charge in [-0.2, -0.15) is 0 Å². The van der Waals surface area contributed by atoms with E-state index >= 15 is 0 Å². The number of ether oxygens (including phenoxy) is 1. The Morgan fingerprint density at radius 1 is 1.11 bits per heavy atom. The van der Waals surface area contributed by atoms with Gasteiger partial charge in [-0.25, -0.2) is 9.18 Å². The molecule has 0 spiro atoms. The first-order chi connectivity index (χ1) is 13.4. The first-order valence-corrected chi connectivity index (χ1v) is 9.33. The molecule has 1 heterocycles. The minimum Gasteiger partial charge on any atom is -0.486 e. The number of rotatable bonds is 4. The summed E-state index contributed by atoms with van der Waals surface area (Å²) in [5, 5.41) is 9.30. The van der Waals surface area contributed by atoms with Crippen LogP contribution in [0, 0.1) is 5.82 Å². The molecule has 0 saturated carbocycles. The van der Waals surface area contributed by atoms with Gasteiger partial charge in [0.1, 0.15) is 17.2 Å². The Morgan fingerprint density at radius 2 is 1.89 bits per heavy atom. The van der Waals surface area contributed by atoms with Crippen molar-refractivity contribution in [2.45, 2.75) is 31.8 Å². The molecule has 1 atom stereocenters. The summed E-state index contributed by atoms with van der Waals surface area (Å²) < 4.78 is 20.1. The van der Waals surface area contributed by atoms with Crippen LogP contribution < -0.4 is 4.74 Å². The van der Waals surface area contributed by atoms with Crippen LogP contribution in [0.5, 0.6) is 5.75 Å². The molecular formula is C24H21FO3. The van der Waals surface area contributed by atoms with Crippen LogP contribution >= 0.6 is 0 Å². The van der Waals surface area contributed by atoms with E-state index in [9.17, 15) is 14.3 Å². The first-order valence-electron chi connectivity index (χ1n) is 9.33. The fourth-order valence-electron chi connectivity index (χ4n) is 3.85. The molecule has 0 fully saturated rings. The highest BCUT2D eigenvalue weighted by Gasteiger charge is 2.33. The number of halogens is 1. The Balaban J connectivity index is 1.70. The lowest BCUT2D eigenvalue weighted by atomic mass is 9.85. The third kappa shape index (κ3) is 3.63. The van der Waals surface area contributed by atoms with Crippen LogP contribution in [0.1, 0.15) is 34.8 Å². The number of benzene rings is 3. The summed E-state index contributed by atoms with van der Waals surface area (Å²) in [6.07, 6.45) is 2.29. The number of hydrogen-bond donors (Lipinski definition) is 1. The van der Waals surface area contributed by atoms with Gasteiger partial charge in [0.25, 0.3) is 0 Å². The van der Waals surface area contributed by atoms with E-state index in [1.165, 1.54) is 6.07 Å². The molecule has 4 heteroatoms.